The van der Waals surface area contributed by atoms with Crippen molar-refractivity contribution in [2.75, 3.05) is 0 Å². The van der Waals surface area contributed by atoms with Crippen molar-refractivity contribution in [3.05, 3.63) is 35.4 Å². The molecule has 4 atom stereocenters. The molecule has 3 fully saturated rings. The maximum atomic E-state index is 12.7. The molecule has 22 heavy (non-hydrogen) atoms. The first kappa shape index (κ1) is 13.1. The average Bonchev–Trinajstić information content (AvgIpc) is 3.01. The second-order valence-corrected chi connectivity index (χ2v) is 7.88. The van der Waals surface area contributed by atoms with E-state index >= 15 is 0 Å². The average molecular weight is 296 g/mol. The van der Waals surface area contributed by atoms with E-state index in [1.807, 2.05) is 0 Å². The van der Waals surface area contributed by atoms with Crippen LogP contribution in [-0.2, 0) is 16.6 Å². The molecule has 1 amide bonds. The van der Waals surface area contributed by atoms with Crippen LogP contribution in [0.2, 0.25) is 0 Å². The molecule has 0 radical (unpaired) electrons. The Labute approximate surface area is 131 Å². The molecule has 0 aromatic heterocycles. The van der Waals surface area contributed by atoms with E-state index in [2.05, 4.69) is 34.9 Å². The highest BCUT2D eigenvalue weighted by Crippen LogP contribution is 2.61. The Hall–Kier alpha value is -1.35. The number of carbonyl (C=O) groups is 1. The molecule has 3 heteroatoms. The highest BCUT2D eigenvalue weighted by atomic mass is 16.2. The van der Waals surface area contributed by atoms with Crippen LogP contribution in [0.3, 0.4) is 0 Å². The predicted molar refractivity (Wildman–Crippen MR) is 85.7 cm³/mol. The summed E-state index contributed by atoms with van der Waals surface area (Å²) in [5.74, 6) is 0.548. The van der Waals surface area contributed by atoms with Gasteiger partial charge in [0, 0.05) is 29.5 Å². The Bertz CT molecular complexity index is 616. The molecule has 3 nitrogen and oxygen atoms in total. The van der Waals surface area contributed by atoms with Crippen LogP contribution in [-0.4, -0.2) is 24.0 Å². The summed E-state index contributed by atoms with van der Waals surface area (Å²) in [5, 5.41) is 7.03. The zero-order chi connectivity index (χ0) is 14.7. The molecular weight excluding hydrogens is 272 g/mol. The van der Waals surface area contributed by atoms with Crippen molar-refractivity contribution in [2.24, 2.45) is 5.92 Å². The Morgan fingerprint density at radius 1 is 1.18 bits per heavy atom. The molecular formula is C19H24N2O. The van der Waals surface area contributed by atoms with E-state index < -0.39 is 0 Å². The summed E-state index contributed by atoms with van der Waals surface area (Å²) < 4.78 is 0. The second kappa shape index (κ2) is 4.58. The molecule has 2 bridgehead atoms. The van der Waals surface area contributed by atoms with Gasteiger partial charge in [-0.15, -0.1) is 0 Å². The van der Waals surface area contributed by atoms with Gasteiger partial charge in [0.05, 0.1) is 0 Å². The van der Waals surface area contributed by atoms with E-state index in [0.717, 1.165) is 25.7 Å². The van der Waals surface area contributed by atoms with Gasteiger partial charge in [-0.2, -0.15) is 0 Å². The monoisotopic (exact) mass is 296 g/mol. The lowest BCUT2D eigenvalue weighted by Crippen LogP contribution is -2.48. The first-order valence-corrected chi connectivity index (χ1v) is 8.89. The van der Waals surface area contributed by atoms with Crippen molar-refractivity contribution in [1.82, 2.24) is 10.6 Å². The first-order valence-electron chi connectivity index (χ1n) is 8.89. The number of piperidine rings is 1. The maximum Gasteiger partial charge on any atom is 0.224 e. The molecule has 1 aromatic rings. The molecule has 4 aliphatic rings. The third kappa shape index (κ3) is 1.88. The highest BCUT2D eigenvalue weighted by molar-refractivity contribution is 5.85. The van der Waals surface area contributed by atoms with E-state index in [9.17, 15) is 4.79 Å². The molecule has 1 spiro atoms. The predicted octanol–water partition coefficient (Wildman–Crippen LogP) is 2.29. The van der Waals surface area contributed by atoms with Crippen molar-refractivity contribution in [2.45, 2.75) is 68.5 Å². The summed E-state index contributed by atoms with van der Waals surface area (Å²) in [7, 11) is 0. The summed E-state index contributed by atoms with van der Waals surface area (Å²) >= 11 is 0. The molecule has 116 valence electrons. The van der Waals surface area contributed by atoms with Gasteiger partial charge < -0.3 is 10.6 Å². The molecule has 2 N–H and O–H groups in total. The number of amides is 1. The third-order valence-corrected chi connectivity index (χ3v) is 6.61. The van der Waals surface area contributed by atoms with E-state index in [4.69, 9.17) is 0 Å². The molecule has 2 heterocycles. The van der Waals surface area contributed by atoms with Gasteiger partial charge in [-0.05, 0) is 56.1 Å². The number of hydrogen-bond donors (Lipinski definition) is 2. The van der Waals surface area contributed by atoms with Gasteiger partial charge in [0.2, 0.25) is 5.91 Å². The van der Waals surface area contributed by atoms with Gasteiger partial charge in [0.1, 0.15) is 0 Å². The van der Waals surface area contributed by atoms with Crippen LogP contribution in [0, 0.1) is 5.92 Å². The van der Waals surface area contributed by atoms with Gasteiger partial charge in [-0.1, -0.05) is 24.3 Å². The molecule has 4 unspecified atom stereocenters. The van der Waals surface area contributed by atoms with Gasteiger partial charge in [-0.25, -0.2) is 0 Å². The number of nitrogens with one attached hydrogen (secondary N) is 2. The van der Waals surface area contributed by atoms with E-state index in [1.54, 1.807) is 0 Å². The molecule has 5 rings (SSSR count). The smallest absolute Gasteiger partial charge is 0.224 e. The normalized spacial score (nSPS) is 41.5. The summed E-state index contributed by atoms with van der Waals surface area (Å²) in [5.41, 5.74) is 3.12. The number of hydrogen-bond acceptors (Lipinski definition) is 2. The minimum atomic E-state index is 0.187. The van der Waals surface area contributed by atoms with Gasteiger partial charge in [0.25, 0.3) is 0 Å². The highest BCUT2D eigenvalue weighted by Gasteiger charge is 2.61. The molecule has 1 saturated carbocycles. The number of fused-ring (bicyclic) bond motifs is 4. The summed E-state index contributed by atoms with van der Waals surface area (Å²) in [4.78, 5) is 12.7. The third-order valence-electron chi connectivity index (χ3n) is 6.61. The van der Waals surface area contributed by atoms with Gasteiger partial charge >= 0.3 is 0 Å². The molecule has 1 aromatic carbocycles. The van der Waals surface area contributed by atoms with E-state index in [-0.39, 0.29) is 11.3 Å². The Kier molecular flexibility index (Phi) is 2.73. The van der Waals surface area contributed by atoms with Gasteiger partial charge in [0.15, 0.2) is 0 Å². The fourth-order valence-electron chi connectivity index (χ4n) is 5.42. The lowest BCUT2D eigenvalue weighted by molar-refractivity contribution is -0.123. The Balaban J connectivity index is 1.28. The Morgan fingerprint density at radius 3 is 2.77 bits per heavy atom. The quantitative estimate of drug-likeness (QED) is 0.879. The summed E-state index contributed by atoms with van der Waals surface area (Å²) in [6.07, 6.45) is 8.21. The van der Waals surface area contributed by atoms with Crippen molar-refractivity contribution in [3.63, 3.8) is 0 Å². The largest absolute Gasteiger partial charge is 0.353 e. The number of rotatable bonds is 2. The van der Waals surface area contributed by atoms with Crippen LogP contribution in [0.4, 0.5) is 0 Å². The number of aryl methyl sites for hydroxylation is 1. The number of carbonyl (C=O) groups excluding carboxylic acids is 1. The minimum absolute atomic E-state index is 0.187. The van der Waals surface area contributed by atoms with Crippen molar-refractivity contribution < 1.29 is 4.79 Å². The summed E-state index contributed by atoms with van der Waals surface area (Å²) in [6.45, 7) is 0. The molecule has 2 aliphatic heterocycles. The standard InChI is InChI=1S/C19H24N2O/c22-18(21-15-9-13-5-6-14(10-15)20-13)17-11-19(17)8-7-12-3-1-2-4-16(12)19/h1-4,13-15,17,20H,5-11H2,(H,21,22). The van der Waals surface area contributed by atoms with Crippen molar-refractivity contribution >= 4 is 5.91 Å². The molecule has 2 saturated heterocycles. The van der Waals surface area contributed by atoms with Crippen LogP contribution >= 0.6 is 0 Å². The second-order valence-electron chi connectivity index (χ2n) is 7.88. The zero-order valence-corrected chi connectivity index (χ0v) is 13.0. The van der Waals surface area contributed by atoms with Crippen molar-refractivity contribution in [3.8, 4) is 0 Å². The lowest BCUT2D eigenvalue weighted by Gasteiger charge is -2.30. The SMILES string of the molecule is O=C(NC1CC2CCC(C1)N2)C1CC12CCc1ccccc12. The fourth-order valence-corrected chi connectivity index (χ4v) is 5.42. The van der Waals surface area contributed by atoms with E-state index in [1.165, 1.54) is 30.4 Å². The van der Waals surface area contributed by atoms with Crippen LogP contribution in [0.15, 0.2) is 24.3 Å². The fraction of sp³-hybridized carbons (Fsp3) is 0.632. The Morgan fingerprint density at radius 2 is 1.95 bits per heavy atom. The van der Waals surface area contributed by atoms with E-state index in [0.29, 0.717) is 24.0 Å². The van der Waals surface area contributed by atoms with Crippen LogP contribution < -0.4 is 10.6 Å². The zero-order valence-electron chi connectivity index (χ0n) is 13.0. The lowest BCUT2D eigenvalue weighted by atomic mass is 9.94. The minimum Gasteiger partial charge on any atom is -0.353 e. The van der Waals surface area contributed by atoms with Crippen molar-refractivity contribution in [1.29, 1.82) is 0 Å². The first-order chi connectivity index (χ1) is 10.7. The maximum absolute atomic E-state index is 12.7. The topological polar surface area (TPSA) is 41.1 Å². The van der Waals surface area contributed by atoms with Crippen LogP contribution in [0.25, 0.3) is 0 Å². The molecule has 2 aliphatic carbocycles. The number of benzene rings is 1. The summed E-state index contributed by atoms with van der Waals surface area (Å²) in [6, 6.07) is 10.4. The van der Waals surface area contributed by atoms with Gasteiger partial charge in [-0.3, -0.25) is 4.79 Å². The van der Waals surface area contributed by atoms with Crippen LogP contribution in [0.1, 0.15) is 49.7 Å². The van der Waals surface area contributed by atoms with Crippen LogP contribution in [0.5, 0.6) is 0 Å².